The Morgan fingerprint density at radius 3 is 2.59 bits per heavy atom. The third-order valence-electron chi connectivity index (χ3n) is 3.53. The number of benzene rings is 1. The highest BCUT2D eigenvalue weighted by Crippen LogP contribution is 2.29. The van der Waals surface area contributed by atoms with Crippen LogP contribution in [0.1, 0.15) is 10.5 Å². The lowest BCUT2D eigenvalue weighted by Gasteiger charge is -2.18. The zero-order chi connectivity index (χ0) is 15.4. The molecule has 1 aromatic carbocycles. The van der Waals surface area contributed by atoms with Crippen LogP contribution in [0.4, 0.5) is 0 Å². The van der Waals surface area contributed by atoms with E-state index in [-0.39, 0.29) is 18.3 Å². The molecule has 0 fully saturated rings. The molecule has 4 nitrogen and oxygen atoms in total. The van der Waals surface area contributed by atoms with Gasteiger partial charge in [-0.1, -0.05) is 34.1 Å². The SMILES string of the molecule is CNCCN(C)C(=O)c1ccc(-c2ccccc2Br)n1C.Cl. The molecule has 2 rings (SSSR count). The van der Waals surface area contributed by atoms with E-state index in [0.29, 0.717) is 12.2 Å². The van der Waals surface area contributed by atoms with Crippen molar-refractivity contribution in [3.05, 3.63) is 46.6 Å². The molecule has 120 valence electrons. The van der Waals surface area contributed by atoms with Crippen molar-refractivity contribution in [2.45, 2.75) is 0 Å². The predicted molar refractivity (Wildman–Crippen MR) is 96.7 cm³/mol. The van der Waals surface area contributed by atoms with Crippen molar-refractivity contribution in [3.63, 3.8) is 0 Å². The standard InChI is InChI=1S/C16H20BrN3O.ClH/c1-18-10-11-19(2)16(21)15-9-8-14(20(15)3)12-6-4-5-7-13(12)17;/h4-9,18H,10-11H2,1-3H3;1H. The van der Waals surface area contributed by atoms with E-state index in [1.165, 1.54) is 0 Å². The van der Waals surface area contributed by atoms with Gasteiger partial charge in [-0.3, -0.25) is 4.79 Å². The lowest BCUT2D eigenvalue weighted by Crippen LogP contribution is -2.33. The Labute approximate surface area is 146 Å². The second-order valence-electron chi connectivity index (χ2n) is 4.97. The lowest BCUT2D eigenvalue weighted by atomic mass is 10.1. The zero-order valence-electron chi connectivity index (χ0n) is 13.0. The van der Waals surface area contributed by atoms with Crippen LogP contribution in [0, 0.1) is 0 Å². The van der Waals surface area contributed by atoms with Crippen molar-refractivity contribution >= 4 is 34.2 Å². The molecule has 0 aliphatic heterocycles. The fraction of sp³-hybridized carbons (Fsp3) is 0.312. The third-order valence-corrected chi connectivity index (χ3v) is 4.23. The first-order chi connectivity index (χ1) is 10.1. The van der Waals surface area contributed by atoms with Crippen LogP contribution in [0.25, 0.3) is 11.3 Å². The van der Waals surface area contributed by atoms with E-state index < -0.39 is 0 Å². The van der Waals surface area contributed by atoms with Gasteiger partial charge in [-0.2, -0.15) is 0 Å². The Hall–Kier alpha value is -1.30. The molecule has 1 N–H and O–H groups in total. The van der Waals surface area contributed by atoms with Gasteiger partial charge in [0.25, 0.3) is 5.91 Å². The molecule has 0 spiro atoms. The Morgan fingerprint density at radius 2 is 1.95 bits per heavy atom. The smallest absolute Gasteiger partial charge is 0.270 e. The lowest BCUT2D eigenvalue weighted by molar-refractivity contribution is 0.0787. The van der Waals surface area contributed by atoms with Crippen molar-refractivity contribution in [1.82, 2.24) is 14.8 Å². The maximum atomic E-state index is 12.5. The van der Waals surface area contributed by atoms with E-state index in [1.54, 1.807) is 4.90 Å². The molecular formula is C16H21BrClN3O. The number of halogens is 2. The van der Waals surface area contributed by atoms with Crippen LogP contribution in [0.15, 0.2) is 40.9 Å². The summed E-state index contributed by atoms with van der Waals surface area (Å²) in [6, 6.07) is 11.9. The molecule has 1 heterocycles. The van der Waals surface area contributed by atoms with Gasteiger partial charge in [0, 0.05) is 42.9 Å². The predicted octanol–water partition coefficient (Wildman–Crippen LogP) is 3.17. The topological polar surface area (TPSA) is 37.3 Å². The molecule has 2 aromatic rings. The minimum atomic E-state index is 0. The molecular weight excluding hydrogens is 366 g/mol. The van der Waals surface area contributed by atoms with Crippen LogP contribution in [0.3, 0.4) is 0 Å². The number of carbonyl (C=O) groups is 1. The number of nitrogens with zero attached hydrogens (tertiary/aromatic N) is 2. The summed E-state index contributed by atoms with van der Waals surface area (Å²) >= 11 is 3.56. The van der Waals surface area contributed by atoms with Gasteiger partial charge in [-0.25, -0.2) is 0 Å². The first kappa shape index (κ1) is 18.7. The van der Waals surface area contributed by atoms with Crippen LogP contribution in [-0.2, 0) is 7.05 Å². The fourth-order valence-corrected chi connectivity index (χ4v) is 2.73. The van der Waals surface area contributed by atoms with Gasteiger partial charge in [0.1, 0.15) is 5.69 Å². The van der Waals surface area contributed by atoms with Gasteiger partial charge in [0.2, 0.25) is 0 Å². The summed E-state index contributed by atoms with van der Waals surface area (Å²) in [7, 11) is 5.63. The van der Waals surface area contributed by atoms with Crippen molar-refractivity contribution in [3.8, 4) is 11.3 Å². The van der Waals surface area contributed by atoms with Gasteiger partial charge >= 0.3 is 0 Å². The van der Waals surface area contributed by atoms with Gasteiger partial charge < -0.3 is 14.8 Å². The summed E-state index contributed by atoms with van der Waals surface area (Å²) in [5.41, 5.74) is 2.80. The van der Waals surface area contributed by atoms with Gasteiger partial charge in [0.05, 0.1) is 0 Å². The molecule has 0 bridgehead atoms. The van der Waals surface area contributed by atoms with E-state index in [0.717, 1.165) is 22.3 Å². The molecule has 0 radical (unpaired) electrons. The number of hydrogen-bond donors (Lipinski definition) is 1. The fourth-order valence-electron chi connectivity index (χ4n) is 2.24. The largest absolute Gasteiger partial charge is 0.340 e. The summed E-state index contributed by atoms with van der Waals surface area (Å²) in [6.45, 7) is 1.47. The second kappa shape index (κ2) is 8.36. The highest BCUT2D eigenvalue weighted by molar-refractivity contribution is 9.10. The van der Waals surface area contributed by atoms with E-state index in [9.17, 15) is 4.79 Å². The Morgan fingerprint density at radius 1 is 1.27 bits per heavy atom. The second-order valence-corrected chi connectivity index (χ2v) is 5.83. The molecule has 0 atom stereocenters. The molecule has 0 saturated heterocycles. The van der Waals surface area contributed by atoms with E-state index in [2.05, 4.69) is 21.2 Å². The minimum absolute atomic E-state index is 0. The highest BCUT2D eigenvalue weighted by atomic mass is 79.9. The molecule has 0 aliphatic carbocycles. The monoisotopic (exact) mass is 385 g/mol. The Kier molecular flexibility index (Phi) is 7.13. The molecule has 1 aromatic heterocycles. The summed E-state index contributed by atoms with van der Waals surface area (Å²) in [5.74, 6) is 0.0334. The van der Waals surface area contributed by atoms with Gasteiger partial charge in [-0.05, 0) is 25.2 Å². The zero-order valence-corrected chi connectivity index (χ0v) is 15.4. The minimum Gasteiger partial charge on any atom is -0.340 e. The Balaban J connectivity index is 0.00000242. The van der Waals surface area contributed by atoms with Crippen molar-refractivity contribution in [2.75, 3.05) is 27.2 Å². The first-order valence-electron chi connectivity index (χ1n) is 6.87. The molecule has 0 unspecified atom stereocenters. The molecule has 6 heteroatoms. The summed E-state index contributed by atoms with van der Waals surface area (Å²) in [6.07, 6.45) is 0. The quantitative estimate of drug-likeness (QED) is 0.857. The summed E-state index contributed by atoms with van der Waals surface area (Å²) < 4.78 is 2.96. The molecule has 0 saturated carbocycles. The average molecular weight is 387 g/mol. The van der Waals surface area contributed by atoms with Crippen molar-refractivity contribution in [1.29, 1.82) is 0 Å². The third kappa shape index (κ3) is 3.91. The number of rotatable bonds is 5. The number of hydrogen-bond acceptors (Lipinski definition) is 2. The van der Waals surface area contributed by atoms with Crippen LogP contribution in [0.2, 0.25) is 0 Å². The maximum absolute atomic E-state index is 12.5. The van der Waals surface area contributed by atoms with Gasteiger partial charge in [0.15, 0.2) is 0 Å². The van der Waals surface area contributed by atoms with Crippen molar-refractivity contribution < 1.29 is 4.79 Å². The number of aromatic nitrogens is 1. The van der Waals surface area contributed by atoms with Crippen LogP contribution >= 0.6 is 28.3 Å². The van der Waals surface area contributed by atoms with Crippen molar-refractivity contribution in [2.24, 2.45) is 7.05 Å². The number of likely N-dealkylation sites (N-methyl/N-ethyl adjacent to an activating group) is 2. The van der Waals surface area contributed by atoms with Crippen LogP contribution in [-0.4, -0.2) is 42.6 Å². The first-order valence-corrected chi connectivity index (χ1v) is 7.66. The van der Waals surface area contributed by atoms with E-state index in [4.69, 9.17) is 0 Å². The maximum Gasteiger partial charge on any atom is 0.270 e. The molecule has 0 aliphatic rings. The van der Waals surface area contributed by atoms with Crippen LogP contribution < -0.4 is 5.32 Å². The van der Waals surface area contributed by atoms with Gasteiger partial charge in [-0.15, -0.1) is 12.4 Å². The number of nitrogens with one attached hydrogen (secondary N) is 1. The van der Waals surface area contributed by atoms with Crippen LogP contribution in [0.5, 0.6) is 0 Å². The van der Waals surface area contributed by atoms with E-state index >= 15 is 0 Å². The highest BCUT2D eigenvalue weighted by Gasteiger charge is 2.17. The number of carbonyl (C=O) groups excluding carboxylic acids is 1. The molecule has 22 heavy (non-hydrogen) atoms. The summed E-state index contributed by atoms with van der Waals surface area (Å²) in [5, 5.41) is 3.05. The van der Waals surface area contributed by atoms with E-state index in [1.807, 2.05) is 62.1 Å². The normalized spacial score (nSPS) is 10.2. The Bertz CT molecular complexity index is 642. The summed E-state index contributed by atoms with van der Waals surface area (Å²) in [4.78, 5) is 14.2. The number of amides is 1. The molecule has 1 amide bonds. The average Bonchev–Trinajstić information content (AvgIpc) is 2.86.